The predicted octanol–water partition coefficient (Wildman–Crippen LogP) is 1.67. The van der Waals surface area contributed by atoms with Crippen molar-refractivity contribution in [2.75, 3.05) is 27.8 Å². The number of rotatable bonds is 5. The summed E-state index contributed by atoms with van der Waals surface area (Å²) in [6.07, 6.45) is 2.78. The monoisotopic (exact) mass is 225 g/mol. The summed E-state index contributed by atoms with van der Waals surface area (Å²) in [6, 6.07) is 0. The van der Waals surface area contributed by atoms with Gasteiger partial charge < -0.3 is 9.64 Å². The number of hydrogen-bond acceptors (Lipinski definition) is 4. The number of nitrogens with zero attached hydrogens (tertiary/aromatic N) is 3. The minimum absolute atomic E-state index is 0. The van der Waals surface area contributed by atoms with Crippen molar-refractivity contribution in [1.82, 2.24) is 14.9 Å². The van der Waals surface area contributed by atoms with Crippen LogP contribution in [0.3, 0.4) is 0 Å². The van der Waals surface area contributed by atoms with Gasteiger partial charge in [0.15, 0.2) is 0 Å². The van der Waals surface area contributed by atoms with Crippen molar-refractivity contribution in [2.24, 2.45) is 0 Å². The van der Waals surface area contributed by atoms with E-state index < -0.39 is 0 Å². The molecule has 16 heavy (non-hydrogen) atoms. The van der Waals surface area contributed by atoms with Gasteiger partial charge in [-0.25, -0.2) is 9.97 Å². The highest BCUT2D eigenvalue weighted by molar-refractivity contribution is 5.16. The molecule has 0 unspecified atom stereocenters. The van der Waals surface area contributed by atoms with Crippen LogP contribution in [-0.2, 0) is 17.7 Å². The van der Waals surface area contributed by atoms with E-state index in [0.717, 1.165) is 31.1 Å². The van der Waals surface area contributed by atoms with E-state index >= 15 is 0 Å². The Balaban J connectivity index is 0.00000225. The topological polar surface area (TPSA) is 38.2 Å². The third kappa shape index (κ3) is 4.68. The summed E-state index contributed by atoms with van der Waals surface area (Å²) in [5.41, 5.74) is 2.22. The molecule has 4 nitrogen and oxygen atoms in total. The summed E-state index contributed by atoms with van der Waals surface area (Å²) in [5.74, 6) is 0.874. The average molecular weight is 225 g/mol. The van der Waals surface area contributed by atoms with Crippen molar-refractivity contribution >= 4 is 0 Å². The fourth-order valence-electron chi connectivity index (χ4n) is 1.36. The minimum atomic E-state index is 0. The minimum Gasteiger partial charge on any atom is -0.384 e. The smallest absolute Gasteiger partial charge is 0.142 e. The maximum absolute atomic E-state index is 5.03. The first-order chi connectivity index (χ1) is 7.13. The first-order valence-electron chi connectivity index (χ1n) is 5.08. The van der Waals surface area contributed by atoms with Gasteiger partial charge in [0.1, 0.15) is 5.82 Å². The van der Waals surface area contributed by atoms with Crippen molar-refractivity contribution in [1.29, 1.82) is 0 Å². The fraction of sp³-hybridized carbons (Fsp3) is 0.667. The lowest BCUT2D eigenvalue weighted by Gasteiger charge is -2.10. The average Bonchev–Trinajstić information content (AvgIpc) is 2.15. The van der Waals surface area contributed by atoms with Crippen LogP contribution in [-0.4, -0.2) is 42.7 Å². The Morgan fingerprint density at radius 2 is 2.06 bits per heavy atom. The van der Waals surface area contributed by atoms with E-state index in [-0.39, 0.29) is 7.43 Å². The zero-order chi connectivity index (χ0) is 11.3. The largest absolute Gasteiger partial charge is 0.384 e. The molecule has 1 heterocycles. The van der Waals surface area contributed by atoms with Crippen LogP contribution >= 0.6 is 0 Å². The van der Waals surface area contributed by atoms with Gasteiger partial charge in [-0.1, -0.05) is 7.43 Å². The lowest BCUT2D eigenvalue weighted by molar-refractivity contribution is 0.202. The molecule has 0 fully saturated rings. The molecule has 0 amide bonds. The normalized spacial score (nSPS) is 10.3. The first kappa shape index (κ1) is 15.0. The van der Waals surface area contributed by atoms with Gasteiger partial charge in [-0.15, -0.1) is 0 Å². The third-order valence-corrected chi connectivity index (χ3v) is 2.16. The predicted molar refractivity (Wildman–Crippen MR) is 66.5 cm³/mol. The van der Waals surface area contributed by atoms with E-state index in [2.05, 4.69) is 14.9 Å². The Bertz CT molecular complexity index is 313. The second-order valence-electron chi connectivity index (χ2n) is 3.88. The van der Waals surface area contributed by atoms with Gasteiger partial charge in [0.2, 0.25) is 0 Å². The Morgan fingerprint density at radius 1 is 1.38 bits per heavy atom. The molecule has 1 aromatic rings. The van der Waals surface area contributed by atoms with Crippen molar-refractivity contribution in [3.05, 3.63) is 23.3 Å². The molecule has 0 saturated heterocycles. The zero-order valence-electron chi connectivity index (χ0n) is 9.95. The number of methoxy groups -OCH3 is 1. The van der Waals surface area contributed by atoms with Crippen LogP contribution in [0.4, 0.5) is 0 Å². The summed E-state index contributed by atoms with van der Waals surface area (Å²) < 4.78 is 5.03. The molecule has 0 bridgehead atoms. The van der Waals surface area contributed by atoms with Gasteiger partial charge in [-0.05, 0) is 33.0 Å². The summed E-state index contributed by atoms with van der Waals surface area (Å²) in [6.45, 7) is 3.52. The maximum atomic E-state index is 5.03. The van der Waals surface area contributed by atoms with Crippen molar-refractivity contribution in [3.8, 4) is 0 Å². The Kier molecular flexibility index (Phi) is 6.85. The molecule has 0 aliphatic carbocycles. The molecule has 0 atom stereocenters. The van der Waals surface area contributed by atoms with Crippen LogP contribution in [0.5, 0.6) is 0 Å². The van der Waals surface area contributed by atoms with Crippen LogP contribution in [0.1, 0.15) is 24.5 Å². The van der Waals surface area contributed by atoms with Gasteiger partial charge in [0.25, 0.3) is 0 Å². The highest BCUT2D eigenvalue weighted by Crippen LogP contribution is 2.06. The van der Waals surface area contributed by atoms with E-state index in [9.17, 15) is 0 Å². The lowest BCUT2D eigenvalue weighted by Crippen LogP contribution is -2.14. The molecule has 92 valence electrons. The van der Waals surface area contributed by atoms with Crippen molar-refractivity contribution in [2.45, 2.75) is 27.3 Å². The molecule has 4 heteroatoms. The van der Waals surface area contributed by atoms with Crippen LogP contribution in [0, 0.1) is 6.92 Å². The number of aromatic nitrogens is 2. The van der Waals surface area contributed by atoms with Gasteiger partial charge >= 0.3 is 0 Å². The number of ether oxygens (including phenoxy) is 1. The van der Waals surface area contributed by atoms with Crippen molar-refractivity contribution in [3.63, 3.8) is 0 Å². The van der Waals surface area contributed by atoms with Gasteiger partial charge in [0, 0.05) is 19.0 Å². The number of hydrogen-bond donors (Lipinski definition) is 0. The molecule has 0 aliphatic heterocycles. The Labute approximate surface area is 98.7 Å². The zero-order valence-corrected chi connectivity index (χ0v) is 9.95. The van der Waals surface area contributed by atoms with Crippen LogP contribution in [0.15, 0.2) is 6.20 Å². The molecular weight excluding hydrogens is 202 g/mol. The van der Waals surface area contributed by atoms with E-state index in [1.165, 1.54) is 5.56 Å². The molecule has 1 aromatic heterocycles. The summed E-state index contributed by atoms with van der Waals surface area (Å²) >= 11 is 0. The van der Waals surface area contributed by atoms with E-state index in [1.54, 1.807) is 7.11 Å². The Hall–Kier alpha value is -1.00. The molecule has 0 aliphatic rings. The van der Waals surface area contributed by atoms with Gasteiger partial charge in [-0.2, -0.15) is 0 Å². The molecule has 0 spiro atoms. The highest BCUT2D eigenvalue weighted by atomic mass is 16.5. The van der Waals surface area contributed by atoms with Crippen LogP contribution in [0.2, 0.25) is 0 Å². The van der Waals surface area contributed by atoms with E-state index in [0.29, 0.717) is 0 Å². The van der Waals surface area contributed by atoms with E-state index in [4.69, 9.17) is 4.74 Å². The molecule has 0 aromatic carbocycles. The van der Waals surface area contributed by atoms with Crippen LogP contribution < -0.4 is 0 Å². The summed E-state index contributed by atoms with van der Waals surface area (Å²) in [5, 5.41) is 0. The second-order valence-corrected chi connectivity index (χ2v) is 3.88. The van der Waals surface area contributed by atoms with Gasteiger partial charge in [-0.3, -0.25) is 0 Å². The fourth-order valence-corrected chi connectivity index (χ4v) is 1.36. The highest BCUT2D eigenvalue weighted by Gasteiger charge is 2.03. The Morgan fingerprint density at radius 3 is 2.56 bits per heavy atom. The van der Waals surface area contributed by atoms with Crippen molar-refractivity contribution < 1.29 is 4.74 Å². The molecule has 1 rings (SSSR count). The number of aryl methyl sites for hydroxylation is 1. The van der Waals surface area contributed by atoms with E-state index in [1.807, 2.05) is 27.2 Å². The maximum Gasteiger partial charge on any atom is 0.142 e. The summed E-state index contributed by atoms with van der Waals surface area (Å²) in [7, 11) is 5.73. The molecule has 0 N–H and O–H groups in total. The standard InChI is InChI=1S/C11H19N3O.CH4/c1-9-10(5-6-15-4)7-12-11(13-9)8-14(2)3;/h7H,5-6,8H2,1-4H3;1H4. The molecule has 0 saturated carbocycles. The third-order valence-electron chi connectivity index (χ3n) is 2.16. The van der Waals surface area contributed by atoms with Crippen LogP contribution in [0.25, 0.3) is 0 Å². The SMILES string of the molecule is C.COCCc1cnc(CN(C)C)nc1C. The lowest BCUT2D eigenvalue weighted by atomic mass is 10.2. The molecular formula is C12H23N3O. The summed E-state index contributed by atoms with van der Waals surface area (Å²) in [4.78, 5) is 10.8. The first-order valence-corrected chi connectivity index (χ1v) is 5.08. The molecule has 0 radical (unpaired) electrons. The van der Waals surface area contributed by atoms with Gasteiger partial charge in [0.05, 0.1) is 13.2 Å². The second kappa shape index (κ2) is 7.30. The quantitative estimate of drug-likeness (QED) is 0.764.